The van der Waals surface area contributed by atoms with E-state index in [9.17, 15) is 5.11 Å². The molecule has 2 rings (SSSR count). The van der Waals surface area contributed by atoms with E-state index in [2.05, 4.69) is 17.1 Å². The number of pyridine rings is 1. The summed E-state index contributed by atoms with van der Waals surface area (Å²) in [5.41, 5.74) is 8.87. The van der Waals surface area contributed by atoms with E-state index in [1.807, 2.05) is 25.1 Å². The predicted octanol–water partition coefficient (Wildman–Crippen LogP) is 1.65. The Kier molecular flexibility index (Phi) is 3.71. The molecule has 0 aliphatic carbocycles. The number of aryl methyl sites for hydroxylation is 1. The van der Waals surface area contributed by atoms with E-state index in [1.54, 1.807) is 0 Å². The molecule has 1 unspecified atom stereocenters. The lowest BCUT2D eigenvalue weighted by atomic mass is 9.96. The minimum atomic E-state index is 0.125. The summed E-state index contributed by atoms with van der Waals surface area (Å²) in [6.45, 7) is 2.63. The van der Waals surface area contributed by atoms with Crippen LogP contribution in [0.4, 0.5) is 0 Å². The topological polar surface area (TPSA) is 59.1 Å². The molecular formula is C14H18N2O. The Balaban J connectivity index is 2.44. The number of nitrogens with zero attached hydrogens (tertiary/aromatic N) is 1. The minimum Gasteiger partial charge on any atom is -0.396 e. The third-order valence-electron chi connectivity index (χ3n) is 3.03. The number of rotatable bonds is 4. The highest BCUT2D eigenvalue weighted by Crippen LogP contribution is 2.20. The fraction of sp³-hybridized carbons (Fsp3) is 0.357. The van der Waals surface area contributed by atoms with Crippen LogP contribution in [0, 0.1) is 12.8 Å². The second-order valence-electron chi connectivity index (χ2n) is 4.43. The molecule has 3 nitrogen and oxygen atoms in total. The van der Waals surface area contributed by atoms with E-state index < -0.39 is 0 Å². The smallest absolute Gasteiger partial charge is 0.0707 e. The molecule has 0 aliphatic heterocycles. The number of aromatic nitrogens is 1. The third-order valence-corrected chi connectivity index (χ3v) is 3.03. The van der Waals surface area contributed by atoms with Crippen molar-refractivity contribution in [1.82, 2.24) is 4.98 Å². The summed E-state index contributed by atoms with van der Waals surface area (Å²) in [6, 6.07) is 10.2. The highest BCUT2D eigenvalue weighted by atomic mass is 16.3. The van der Waals surface area contributed by atoms with Crippen LogP contribution in [0.5, 0.6) is 0 Å². The van der Waals surface area contributed by atoms with Crippen LogP contribution in [0.2, 0.25) is 0 Å². The zero-order chi connectivity index (χ0) is 12.3. The molecule has 0 amide bonds. The van der Waals surface area contributed by atoms with Crippen LogP contribution in [-0.2, 0) is 6.42 Å². The van der Waals surface area contributed by atoms with E-state index in [0.717, 1.165) is 23.0 Å². The molecule has 1 aromatic heterocycles. The van der Waals surface area contributed by atoms with Gasteiger partial charge in [0, 0.05) is 17.7 Å². The second-order valence-corrected chi connectivity index (χ2v) is 4.43. The van der Waals surface area contributed by atoms with Crippen molar-refractivity contribution in [1.29, 1.82) is 0 Å². The Hall–Kier alpha value is -1.45. The van der Waals surface area contributed by atoms with Gasteiger partial charge in [-0.25, -0.2) is 0 Å². The molecule has 90 valence electrons. The molecule has 1 heterocycles. The van der Waals surface area contributed by atoms with E-state index in [-0.39, 0.29) is 12.5 Å². The van der Waals surface area contributed by atoms with Gasteiger partial charge in [0.2, 0.25) is 0 Å². The van der Waals surface area contributed by atoms with Crippen LogP contribution in [-0.4, -0.2) is 23.2 Å². The average Bonchev–Trinajstić information content (AvgIpc) is 2.35. The summed E-state index contributed by atoms with van der Waals surface area (Å²) in [5.74, 6) is 0.125. The lowest BCUT2D eigenvalue weighted by Crippen LogP contribution is -2.20. The van der Waals surface area contributed by atoms with E-state index in [1.165, 1.54) is 5.56 Å². The highest BCUT2D eigenvalue weighted by Gasteiger charge is 2.10. The van der Waals surface area contributed by atoms with Crippen LogP contribution in [0.1, 0.15) is 11.3 Å². The van der Waals surface area contributed by atoms with Gasteiger partial charge in [0.15, 0.2) is 0 Å². The first kappa shape index (κ1) is 12.0. The number of fused-ring (bicyclic) bond motifs is 1. The molecule has 0 saturated heterocycles. The first-order chi connectivity index (χ1) is 8.24. The normalized spacial score (nSPS) is 12.9. The summed E-state index contributed by atoms with van der Waals surface area (Å²) in [6.07, 6.45) is 0.802. The van der Waals surface area contributed by atoms with Gasteiger partial charge in [0.25, 0.3) is 0 Å². The SMILES string of the molecule is Cc1cc(CC(CN)CO)c2ccccc2n1. The van der Waals surface area contributed by atoms with Crippen LogP contribution < -0.4 is 5.73 Å². The van der Waals surface area contributed by atoms with Gasteiger partial charge in [0.05, 0.1) is 5.52 Å². The first-order valence-electron chi connectivity index (χ1n) is 5.90. The van der Waals surface area contributed by atoms with E-state index >= 15 is 0 Å². The zero-order valence-electron chi connectivity index (χ0n) is 10.1. The monoisotopic (exact) mass is 230 g/mol. The van der Waals surface area contributed by atoms with Crippen molar-refractivity contribution < 1.29 is 5.11 Å². The van der Waals surface area contributed by atoms with Gasteiger partial charge in [-0.2, -0.15) is 0 Å². The van der Waals surface area contributed by atoms with Crippen LogP contribution >= 0.6 is 0 Å². The van der Waals surface area contributed by atoms with Crippen molar-refractivity contribution in [2.24, 2.45) is 11.7 Å². The maximum absolute atomic E-state index is 9.23. The Morgan fingerprint density at radius 2 is 2.12 bits per heavy atom. The summed E-state index contributed by atoms with van der Waals surface area (Å²) in [5, 5.41) is 10.4. The molecule has 17 heavy (non-hydrogen) atoms. The maximum atomic E-state index is 9.23. The quantitative estimate of drug-likeness (QED) is 0.839. The van der Waals surface area contributed by atoms with Gasteiger partial charge in [0.1, 0.15) is 0 Å². The second kappa shape index (κ2) is 5.25. The number of hydrogen-bond donors (Lipinski definition) is 2. The number of benzene rings is 1. The number of nitrogens with two attached hydrogens (primary N) is 1. The van der Waals surface area contributed by atoms with Crippen LogP contribution in [0.15, 0.2) is 30.3 Å². The summed E-state index contributed by atoms with van der Waals surface area (Å²) < 4.78 is 0. The summed E-state index contributed by atoms with van der Waals surface area (Å²) in [7, 11) is 0. The number of hydrogen-bond acceptors (Lipinski definition) is 3. The zero-order valence-corrected chi connectivity index (χ0v) is 10.1. The fourth-order valence-corrected chi connectivity index (χ4v) is 2.10. The Morgan fingerprint density at radius 3 is 2.82 bits per heavy atom. The minimum absolute atomic E-state index is 0.125. The number of aliphatic hydroxyl groups excluding tert-OH is 1. The van der Waals surface area contributed by atoms with Crippen molar-refractivity contribution >= 4 is 10.9 Å². The summed E-state index contributed by atoms with van der Waals surface area (Å²) >= 11 is 0. The average molecular weight is 230 g/mol. The molecule has 0 bridgehead atoms. The van der Waals surface area contributed by atoms with E-state index in [0.29, 0.717) is 6.54 Å². The molecule has 0 radical (unpaired) electrons. The van der Waals surface area contributed by atoms with Gasteiger partial charge in [-0.1, -0.05) is 18.2 Å². The van der Waals surface area contributed by atoms with Gasteiger partial charge in [-0.15, -0.1) is 0 Å². The largest absolute Gasteiger partial charge is 0.396 e. The van der Waals surface area contributed by atoms with Crippen LogP contribution in [0.25, 0.3) is 10.9 Å². The van der Waals surface area contributed by atoms with Gasteiger partial charge in [-0.3, -0.25) is 4.98 Å². The Labute approximate surface area is 101 Å². The lowest BCUT2D eigenvalue weighted by molar-refractivity contribution is 0.230. The number of aliphatic hydroxyl groups is 1. The maximum Gasteiger partial charge on any atom is 0.0707 e. The van der Waals surface area contributed by atoms with Crippen molar-refractivity contribution in [3.8, 4) is 0 Å². The molecule has 0 saturated carbocycles. The molecule has 0 aliphatic rings. The molecule has 0 spiro atoms. The molecule has 1 atom stereocenters. The molecule has 0 fully saturated rings. The first-order valence-corrected chi connectivity index (χ1v) is 5.90. The van der Waals surface area contributed by atoms with Gasteiger partial charge in [-0.05, 0) is 43.5 Å². The fourth-order valence-electron chi connectivity index (χ4n) is 2.10. The lowest BCUT2D eigenvalue weighted by Gasteiger charge is -2.13. The molecule has 2 aromatic rings. The number of para-hydroxylation sites is 1. The van der Waals surface area contributed by atoms with Crippen LogP contribution in [0.3, 0.4) is 0 Å². The Morgan fingerprint density at radius 1 is 1.35 bits per heavy atom. The van der Waals surface area contributed by atoms with Gasteiger partial charge >= 0.3 is 0 Å². The molecule has 1 aromatic carbocycles. The van der Waals surface area contributed by atoms with E-state index in [4.69, 9.17) is 5.73 Å². The van der Waals surface area contributed by atoms with Crippen molar-refractivity contribution in [3.05, 3.63) is 41.6 Å². The predicted molar refractivity (Wildman–Crippen MR) is 69.8 cm³/mol. The van der Waals surface area contributed by atoms with Crippen molar-refractivity contribution in [2.45, 2.75) is 13.3 Å². The Bertz CT molecular complexity index is 507. The molecular weight excluding hydrogens is 212 g/mol. The standard InChI is InChI=1S/C14H18N2O/c1-10-6-12(7-11(8-15)9-17)13-4-2-3-5-14(13)16-10/h2-6,11,17H,7-9,15H2,1H3. The van der Waals surface area contributed by atoms with Gasteiger partial charge < -0.3 is 10.8 Å². The highest BCUT2D eigenvalue weighted by molar-refractivity contribution is 5.82. The molecule has 3 N–H and O–H groups in total. The summed E-state index contributed by atoms with van der Waals surface area (Å²) in [4.78, 5) is 4.50. The molecule has 3 heteroatoms. The van der Waals surface area contributed by atoms with Crippen molar-refractivity contribution in [3.63, 3.8) is 0 Å². The van der Waals surface area contributed by atoms with Crippen molar-refractivity contribution in [2.75, 3.05) is 13.2 Å². The third kappa shape index (κ3) is 2.62.